The number of benzene rings is 1. The first-order valence-corrected chi connectivity index (χ1v) is 8.31. The van der Waals surface area contributed by atoms with Crippen molar-refractivity contribution in [2.24, 2.45) is 11.3 Å². The topological polar surface area (TPSA) is 54.5 Å². The van der Waals surface area contributed by atoms with Crippen LogP contribution in [-0.2, 0) is 14.4 Å². The van der Waals surface area contributed by atoms with E-state index in [2.05, 4.69) is 15.9 Å². The van der Waals surface area contributed by atoms with Crippen LogP contribution in [0.5, 0.6) is 0 Å². The van der Waals surface area contributed by atoms with E-state index < -0.39 is 11.3 Å². The van der Waals surface area contributed by atoms with Gasteiger partial charge in [-0.1, -0.05) is 42.6 Å². The molecule has 1 fully saturated rings. The number of anilines is 1. The molecule has 5 heteroatoms. The quantitative estimate of drug-likeness (QED) is 0.570. The van der Waals surface area contributed by atoms with E-state index in [1.165, 1.54) is 4.90 Å². The summed E-state index contributed by atoms with van der Waals surface area (Å²) in [5, 5.41) is 0. The van der Waals surface area contributed by atoms with E-state index in [4.69, 9.17) is 0 Å². The second kappa shape index (κ2) is 6.73. The van der Waals surface area contributed by atoms with Gasteiger partial charge < -0.3 is 4.79 Å². The Hall–Kier alpha value is -1.49. The normalized spacial score (nSPS) is 21.0. The third-order valence-electron chi connectivity index (χ3n) is 4.37. The number of rotatable bonds is 6. The number of halogens is 1. The van der Waals surface area contributed by atoms with E-state index in [0.29, 0.717) is 12.1 Å². The number of unbranched alkanes of at least 4 members (excludes halogenated alkanes) is 1. The third-order valence-corrected chi connectivity index (χ3v) is 4.89. The van der Waals surface area contributed by atoms with Crippen molar-refractivity contribution < 1.29 is 14.4 Å². The van der Waals surface area contributed by atoms with Gasteiger partial charge in [0.2, 0.25) is 11.8 Å². The van der Waals surface area contributed by atoms with Crippen LogP contribution >= 0.6 is 15.9 Å². The van der Waals surface area contributed by atoms with E-state index in [9.17, 15) is 14.4 Å². The zero-order valence-electron chi connectivity index (χ0n) is 12.8. The maximum Gasteiger partial charge on any atom is 0.238 e. The van der Waals surface area contributed by atoms with E-state index in [1.807, 2.05) is 6.92 Å². The molecule has 2 rings (SSSR count). The van der Waals surface area contributed by atoms with Gasteiger partial charge in [0.25, 0.3) is 0 Å². The molecule has 1 aliphatic heterocycles. The predicted molar refractivity (Wildman–Crippen MR) is 88.4 cm³/mol. The van der Waals surface area contributed by atoms with E-state index in [1.54, 1.807) is 31.2 Å². The Labute approximate surface area is 139 Å². The van der Waals surface area contributed by atoms with Crippen molar-refractivity contribution in [3.63, 3.8) is 0 Å². The van der Waals surface area contributed by atoms with Crippen LogP contribution in [0.25, 0.3) is 0 Å². The fourth-order valence-electron chi connectivity index (χ4n) is 2.88. The van der Waals surface area contributed by atoms with Crippen molar-refractivity contribution in [2.75, 3.05) is 4.90 Å². The van der Waals surface area contributed by atoms with E-state index in [0.717, 1.165) is 23.6 Å². The number of aldehydes is 1. The standard InChI is InChI=1S/C17H20BrNO3/c1-3-4-9-17(2,11-20)14-10-15(21)19(16(14)22)13-7-5-12(18)6-8-13/h5-8,11,14H,3-4,9-10H2,1-2H3. The molecule has 1 aromatic carbocycles. The highest BCUT2D eigenvalue weighted by Crippen LogP contribution is 2.40. The van der Waals surface area contributed by atoms with Gasteiger partial charge in [-0.25, -0.2) is 0 Å². The summed E-state index contributed by atoms with van der Waals surface area (Å²) in [6.45, 7) is 3.83. The summed E-state index contributed by atoms with van der Waals surface area (Å²) >= 11 is 3.33. The van der Waals surface area contributed by atoms with Crippen LogP contribution in [-0.4, -0.2) is 18.1 Å². The molecule has 1 heterocycles. The molecule has 118 valence electrons. The summed E-state index contributed by atoms with van der Waals surface area (Å²) in [6.07, 6.45) is 3.41. The monoisotopic (exact) mass is 365 g/mol. The summed E-state index contributed by atoms with van der Waals surface area (Å²) in [7, 11) is 0. The number of hydrogen-bond acceptors (Lipinski definition) is 3. The van der Waals surface area contributed by atoms with E-state index in [-0.39, 0.29) is 18.2 Å². The third kappa shape index (κ3) is 3.14. The average Bonchev–Trinajstić information content (AvgIpc) is 2.81. The number of amides is 2. The smallest absolute Gasteiger partial charge is 0.238 e. The zero-order chi connectivity index (χ0) is 16.3. The van der Waals surface area contributed by atoms with Crippen molar-refractivity contribution in [1.29, 1.82) is 0 Å². The highest BCUT2D eigenvalue weighted by molar-refractivity contribution is 9.10. The Morgan fingerprint density at radius 2 is 1.95 bits per heavy atom. The molecule has 1 aliphatic rings. The Bertz CT molecular complexity index is 584. The summed E-state index contributed by atoms with van der Waals surface area (Å²) in [5.74, 6) is -1.06. The molecule has 0 bridgehead atoms. The number of hydrogen-bond donors (Lipinski definition) is 0. The summed E-state index contributed by atoms with van der Waals surface area (Å²) in [6, 6.07) is 7.04. The molecular formula is C17H20BrNO3. The Balaban J connectivity index is 2.27. The number of imide groups is 1. The lowest BCUT2D eigenvalue weighted by Gasteiger charge is -2.28. The maximum absolute atomic E-state index is 12.7. The minimum absolute atomic E-state index is 0.105. The van der Waals surface area contributed by atoms with Crippen molar-refractivity contribution >= 4 is 39.7 Å². The molecule has 0 aromatic heterocycles. The van der Waals surface area contributed by atoms with Gasteiger partial charge in [-0.15, -0.1) is 0 Å². The number of carbonyl (C=O) groups excluding carboxylic acids is 3. The molecule has 0 spiro atoms. The van der Waals surface area contributed by atoms with Crippen LogP contribution < -0.4 is 4.90 Å². The van der Waals surface area contributed by atoms with Gasteiger partial charge in [-0.05, 0) is 30.7 Å². The summed E-state index contributed by atoms with van der Waals surface area (Å²) in [4.78, 5) is 37.8. The largest absolute Gasteiger partial charge is 0.303 e. The molecular weight excluding hydrogens is 346 g/mol. The maximum atomic E-state index is 12.7. The highest BCUT2D eigenvalue weighted by Gasteiger charge is 2.48. The number of carbonyl (C=O) groups is 3. The molecule has 1 aromatic rings. The zero-order valence-corrected chi connectivity index (χ0v) is 14.4. The molecule has 0 aliphatic carbocycles. The second-order valence-corrected chi connectivity index (χ2v) is 6.94. The van der Waals surface area contributed by atoms with Gasteiger partial charge in [0.05, 0.1) is 11.6 Å². The predicted octanol–water partition coefficient (Wildman–Crippen LogP) is 3.72. The van der Waals surface area contributed by atoms with Crippen LogP contribution in [0, 0.1) is 11.3 Å². The fourth-order valence-corrected chi connectivity index (χ4v) is 3.15. The van der Waals surface area contributed by atoms with Crippen molar-refractivity contribution in [2.45, 2.75) is 39.5 Å². The molecule has 0 N–H and O–H groups in total. The lowest BCUT2D eigenvalue weighted by atomic mass is 9.73. The van der Waals surface area contributed by atoms with Crippen molar-refractivity contribution in [3.05, 3.63) is 28.7 Å². The Morgan fingerprint density at radius 1 is 1.32 bits per heavy atom. The summed E-state index contributed by atoms with van der Waals surface area (Å²) < 4.78 is 0.882. The molecule has 0 radical (unpaired) electrons. The van der Waals surface area contributed by atoms with Gasteiger partial charge in [0.1, 0.15) is 6.29 Å². The Morgan fingerprint density at radius 3 is 2.50 bits per heavy atom. The van der Waals surface area contributed by atoms with Crippen molar-refractivity contribution in [3.8, 4) is 0 Å². The van der Waals surface area contributed by atoms with Crippen LogP contribution in [0.1, 0.15) is 39.5 Å². The van der Waals surface area contributed by atoms with Crippen molar-refractivity contribution in [1.82, 2.24) is 0 Å². The second-order valence-electron chi connectivity index (χ2n) is 6.03. The minimum atomic E-state index is -0.771. The number of nitrogens with zero attached hydrogens (tertiary/aromatic N) is 1. The van der Waals surface area contributed by atoms with Crippen LogP contribution in [0.3, 0.4) is 0 Å². The van der Waals surface area contributed by atoms with Gasteiger partial charge in [-0.3, -0.25) is 14.5 Å². The molecule has 4 nitrogen and oxygen atoms in total. The first kappa shape index (κ1) is 16.9. The average molecular weight is 366 g/mol. The molecule has 2 atom stereocenters. The molecule has 2 amide bonds. The van der Waals surface area contributed by atoms with E-state index >= 15 is 0 Å². The van der Waals surface area contributed by atoms with Crippen LogP contribution in [0.2, 0.25) is 0 Å². The summed E-state index contributed by atoms with van der Waals surface area (Å²) in [5.41, 5.74) is -0.211. The highest BCUT2D eigenvalue weighted by atomic mass is 79.9. The lowest BCUT2D eigenvalue weighted by Crippen LogP contribution is -2.37. The first-order chi connectivity index (χ1) is 10.4. The van der Waals surface area contributed by atoms with Crippen LogP contribution in [0.4, 0.5) is 5.69 Å². The molecule has 0 saturated carbocycles. The fraction of sp³-hybridized carbons (Fsp3) is 0.471. The SMILES string of the molecule is CCCCC(C)(C=O)C1CC(=O)N(c2ccc(Br)cc2)C1=O. The Kier molecular flexibility index (Phi) is 5.16. The molecule has 1 saturated heterocycles. The van der Waals surface area contributed by atoms with Crippen LogP contribution in [0.15, 0.2) is 28.7 Å². The molecule has 2 unspecified atom stereocenters. The van der Waals surface area contributed by atoms with Gasteiger partial charge >= 0.3 is 0 Å². The van der Waals surface area contributed by atoms with Gasteiger partial charge in [-0.2, -0.15) is 0 Å². The van der Waals surface area contributed by atoms with Gasteiger partial charge in [0.15, 0.2) is 0 Å². The lowest BCUT2D eigenvalue weighted by molar-refractivity contribution is -0.130. The minimum Gasteiger partial charge on any atom is -0.303 e. The molecule has 22 heavy (non-hydrogen) atoms. The first-order valence-electron chi connectivity index (χ1n) is 7.51. The van der Waals surface area contributed by atoms with Gasteiger partial charge in [0, 0.05) is 16.3 Å².